The molecule has 0 aliphatic carbocycles. The molecule has 0 atom stereocenters. The molecule has 1 radical (unpaired) electrons. The minimum atomic E-state index is 0. The first-order valence-electron chi connectivity index (χ1n) is 0. The molecule has 0 unspecified atom stereocenters. The Bertz CT molecular complexity index is 6.85. The standard InChI is InChI=1S/Ba.Mn.3H2O/h;;3*1H2/q+2;;;;/p-2. The van der Waals surface area contributed by atoms with E-state index in [0.717, 1.165) is 0 Å². The van der Waals surface area contributed by atoms with Crippen LogP contribution in [0.15, 0.2) is 0 Å². The fourth-order valence-corrected chi connectivity index (χ4v) is 0. The molecule has 0 rings (SSSR count). The van der Waals surface area contributed by atoms with E-state index in [1.165, 1.54) is 0 Å². The second-order valence-corrected chi connectivity index (χ2v) is 0. The third-order valence-corrected chi connectivity index (χ3v) is 0. The maximum atomic E-state index is 0. The molecule has 4 N–H and O–H groups in total. The molecule has 0 heterocycles. The van der Waals surface area contributed by atoms with E-state index in [-0.39, 0.29) is 82.4 Å². The minimum Gasteiger partial charge on any atom is -0.870 e. The second kappa shape index (κ2) is 38.0. The summed E-state index contributed by atoms with van der Waals surface area (Å²) in [6.07, 6.45) is 0. The zero-order valence-corrected chi connectivity index (χ0v) is 8.10. The van der Waals surface area contributed by atoms with Gasteiger partial charge in [-0.3, -0.25) is 0 Å². The Kier molecular flexibility index (Phi) is 486. The summed E-state index contributed by atoms with van der Waals surface area (Å²) >= 11 is 0. The van der Waals surface area contributed by atoms with Gasteiger partial charge in [0.1, 0.15) is 0 Å². The van der Waals surface area contributed by atoms with Crippen LogP contribution < -0.4 is 0 Å². The summed E-state index contributed by atoms with van der Waals surface area (Å²) in [6.45, 7) is 0. The van der Waals surface area contributed by atoms with Crippen molar-refractivity contribution in [1.29, 1.82) is 0 Å². The fraction of sp³-hybridized carbons (Fsp3) is 0. The van der Waals surface area contributed by atoms with Crippen molar-refractivity contribution >= 4 is 48.9 Å². The molecule has 0 saturated carbocycles. The van der Waals surface area contributed by atoms with Crippen molar-refractivity contribution < 1.29 is 33.5 Å². The van der Waals surface area contributed by atoms with Gasteiger partial charge >= 0.3 is 48.9 Å². The molecular formula is H4BaMnO3. The summed E-state index contributed by atoms with van der Waals surface area (Å²) in [4.78, 5) is 0. The second-order valence-electron chi connectivity index (χ2n) is 0. The number of hydrogen-bond donors (Lipinski definition) is 0. The Morgan fingerprint density at radius 1 is 0.800 bits per heavy atom. The van der Waals surface area contributed by atoms with Gasteiger partial charge in [0.25, 0.3) is 0 Å². The first-order valence-corrected chi connectivity index (χ1v) is 0. The van der Waals surface area contributed by atoms with Crippen LogP contribution in [0.25, 0.3) is 0 Å². The molecule has 0 aliphatic rings. The van der Waals surface area contributed by atoms with Crippen LogP contribution in [0.2, 0.25) is 0 Å². The van der Waals surface area contributed by atoms with E-state index in [4.69, 9.17) is 0 Å². The zero-order valence-electron chi connectivity index (χ0n) is 2.48. The Labute approximate surface area is 81.0 Å². The first-order chi connectivity index (χ1) is 0. The van der Waals surface area contributed by atoms with Crippen LogP contribution in [0.4, 0.5) is 0 Å². The van der Waals surface area contributed by atoms with E-state index in [1.54, 1.807) is 0 Å². The molecule has 0 spiro atoms. The minimum absolute atomic E-state index is 0. The molecule has 3 nitrogen and oxygen atoms in total. The van der Waals surface area contributed by atoms with Gasteiger partial charge in [0.2, 0.25) is 0 Å². The molecule has 0 saturated heterocycles. The van der Waals surface area contributed by atoms with E-state index in [1.807, 2.05) is 0 Å². The van der Waals surface area contributed by atoms with E-state index < -0.39 is 0 Å². The normalized spacial score (nSPS) is 0. The van der Waals surface area contributed by atoms with Crippen LogP contribution in [-0.2, 0) is 17.1 Å². The monoisotopic (exact) mass is 245 g/mol. The van der Waals surface area contributed by atoms with Gasteiger partial charge in [-0.25, -0.2) is 0 Å². The molecule has 0 aromatic rings. The summed E-state index contributed by atoms with van der Waals surface area (Å²) in [5.74, 6) is 0. The SMILES string of the molecule is O.[Ba+2].[Mn].[OH-].[OH-]. The molecule has 31 valence electrons. The molecule has 0 aromatic carbocycles. The average Bonchev–Trinajstić information content (AvgIpc) is 0. The summed E-state index contributed by atoms with van der Waals surface area (Å²) < 4.78 is 0. The largest absolute Gasteiger partial charge is 2.00 e. The predicted molar refractivity (Wildman–Crippen MR) is 13.2 cm³/mol. The van der Waals surface area contributed by atoms with Crippen molar-refractivity contribution in [1.82, 2.24) is 0 Å². The third kappa shape index (κ3) is 24.2. The van der Waals surface area contributed by atoms with Gasteiger partial charge in [0.15, 0.2) is 0 Å². The van der Waals surface area contributed by atoms with Crippen molar-refractivity contribution in [3.63, 3.8) is 0 Å². The molecule has 0 amide bonds. The Morgan fingerprint density at radius 2 is 0.800 bits per heavy atom. The quantitative estimate of drug-likeness (QED) is 0.482. The van der Waals surface area contributed by atoms with Gasteiger partial charge < -0.3 is 16.4 Å². The molecule has 0 fully saturated rings. The summed E-state index contributed by atoms with van der Waals surface area (Å²) in [5, 5.41) is 0. The average molecular weight is 244 g/mol. The van der Waals surface area contributed by atoms with E-state index in [2.05, 4.69) is 0 Å². The van der Waals surface area contributed by atoms with E-state index in [0.29, 0.717) is 0 Å². The topological polar surface area (TPSA) is 91.5 Å². The maximum absolute atomic E-state index is 0. The number of rotatable bonds is 0. The number of hydrogen-bond acceptors (Lipinski definition) is 2. The van der Waals surface area contributed by atoms with Crippen molar-refractivity contribution in [2.75, 3.05) is 0 Å². The Morgan fingerprint density at radius 3 is 0.800 bits per heavy atom. The van der Waals surface area contributed by atoms with Crippen LogP contribution >= 0.6 is 0 Å². The molecule has 5 heavy (non-hydrogen) atoms. The summed E-state index contributed by atoms with van der Waals surface area (Å²) in [7, 11) is 0. The van der Waals surface area contributed by atoms with E-state index >= 15 is 0 Å². The molecule has 0 aliphatic heterocycles. The Balaban J connectivity index is 0. The van der Waals surface area contributed by atoms with Gasteiger partial charge in [-0.15, -0.1) is 0 Å². The smallest absolute Gasteiger partial charge is 0.870 e. The van der Waals surface area contributed by atoms with Crippen LogP contribution in [-0.4, -0.2) is 65.3 Å². The van der Waals surface area contributed by atoms with E-state index in [9.17, 15) is 0 Å². The molecule has 0 aromatic heterocycles. The fourth-order valence-electron chi connectivity index (χ4n) is 0. The van der Waals surface area contributed by atoms with Crippen molar-refractivity contribution in [3.05, 3.63) is 0 Å². The molecular weight excluding hydrogens is 240 g/mol. The summed E-state index contributed by atoms with van der Waals surface area (Å²) in [6, 6.07) is 0. The molecule has 5 heteroatoms. The third-order valence-electron chi connectivity index (χ3n) is 0. The first kappa shape index (κ1) is 64.0. The van der Waals surface area contributed by atoms with Gasteiger partial charge in [0, 0.05) is 17.1 Å². The van der Waals surface area contributed by atoms with Crippen LogP contribution in [0.3, 0.4) is 0 Å². The van der Waals surface area contributed by atoms with Crippen molar-refractivity contribution in [2.45, 2.75) is 0 Å². The predicted octanol–water partition coefficient (Wildman–Crippen LogP) is -1.56. The van der Waals surface area contributed by atoms with Crippen LogP contribution in [0.5, 0.6) is 0 Å². The van der Waals surface area contributed by atoms with Gasteiger partial charge in [-0.05, 0) is 0 Å². The molecule has 0 bridgehead atoms. The van der Waals surface area contributed by atoms with Crippen LogP contribution in [0.1, 0.15) is 0 Å². The summed E-state index contributed by atoms with van der Waals surface area (Å²) in [5.41, 5.74) is 0. The maximum Gasteiger partial charge on any atom is 2.00 e. The van der Waals surface area contributed by atoms with Gasteiger partial charge in [0.05, 0.1) is 0 Å². The van der Waals surface area contributed by atoms with Crippen molar-refractivity contribution in [3.8, 4) is 0 Å². The van der Waals surface area contributed by atoms with Gasteiger partial charge in [-0.2, -0.15) is 0 Å². The van der Waals surface area contributed by atoms with Gasteiger partial charge in [-0.1, -0.05) is 0 Å². The zero-order chi connectivity index (χ0) is 0. The van der Waals surface area contributed by atoms with Crippen LogP contribution in [0, 0.1) is 0 Å². The van der Waals surface area contributed by atoms with Crippen molar-refractivity contribution in [2.24, 2.45) is 0 Å². The Hall–Kier alpha value is 1.97.